The normalized spacial score (nSPS) is 10.4. The molecule has 0 amide bonds. The van der Waals surface area contributed by atoms with E-state index in [0.29, 0.717) is 16.7 Å². The summed E-state index contributed by atoms with van der Waals surface area (Å²) in [6.07, 6.45) is 1.53. The summed E-state index contributed by atoms with van der Waals surface area (Å²) in [6.45, 7) is 0. The van der Waals surface area contributed by atoms with E-state index in [0.717, 1.165) is 0 Å². The molecule has 1 aromatic carbocycles. The van der Waals surface area contributed by atoms with Crippen LogP contribution in [-0.2, 0) is 36.7 Å². The van der Waals surface area contributed by atoms with Gasteiger partial charge in [0.25, 0.3) is 0 Å². The van der Waals surface area contributed by atoms with E-state index in [1.54, 1.807) is 12.1 Å². The number of nitrogens with zero attached hydrogens (tertiary/aromatic N) is 1. The molecule has 0 radical (unpaired) electrons. The number of aromatic nitrogens is 1. The van der Waals surface area contributed by atoms with Crippen molar-refractivity contribution in [3.05, 3.63) is 30.5 Å². The number of pyridine rings is 1. The molecule has 1 heterocycles. The van der Waals surface area contributed by atoms with Crippen LogP contribution >= 0.6 is 0 Å². The first-order valence-corrected chi connectivity index (χ1v) is 7.95. The zero-order valence-electron chi connectivity index (χ0n) is 9.58. The third kappa shape index (κ3) is 3.63. The molecule has 0 aliphatic heterocycles. The summed E-state index contributed by atoms with van der Waals surface area (Å²) in [5, 5.41) is 0.306. The van der Waals surface area contributed by atoms with Crippen molar-refractivity contribution in [3.63, 3.8) is 0 Å². The number of hydrogen-bond acceptors (Lipinski definition) is 5. The minimum atomic E-state index is -4.48. The van der Waals surface area contributed by atoms with Gasteiger partial charge in [-0.25, -0.2) is 0 Å². The second-order valence-electron chi connectivity index (χ2n) is 3.06. The first-order chi connectivity index (χ1) is 7.54. The van der Waals surface area contributed by atoms with Crippen LogP contribution in [0.5, 0.6) is 5.75 Å². The molecule has 0 saturated carbocycles. The first kappa shape index (κ1) is 18.2. The van der Waals surface area contributed by atoms with Gasteiger partial charge in [-0.05, 0) is 0 Å². The third-order valence-corrected chi connectivity index (χ3v) is 4.22. The predicted octanol–water partition coefficient (Wildman–Crippen LogP) is -2.84. The largest absolute Gasteiger partial charge is 1.00 e. The van der Waals surface area contributed by atoms with E-state index < -0.39 is 10.1 Å². The van der Waals surface area contributed by atoms with E-state index >= 15 is 0 Å². The smallest absolute Gasteiger partial charge is 1.00 e. The van der Waals surface area contributed by atoms with Crippen molar-refractivity contribution >= 4 is 21.0 Å². The molecular formula is C9H7HgNNaO5S. The summed E-state index contributed by atoms with van der Waals surface area (Å²) in [7, 11) is -4.48. The van der Waals surface area contributed by atoms with E-state index in [-0.39, 0.29) is 66.5 Å². The monoisotopic (exact) mass is 466 g/mol. The molecule has 0 unspecified atom stereocenters. The van der Waals surface area contributed by atoms with Crippen molar-refractivity contribution in [1.29, 1.82) is 0 Å². The number of benzene rings is 1. The zero-order valence-corrected chi connectivity index (χ0v) is 17.9. The quantitative estimate of drug-likeness (QED) is 0.351. The van der Waals surface area contributed by atoms with Crippen LogP contribution in [0, 0.1) is 0 Å². The van der Waals surface area contributed by atoms with Crippen molar-refractivity contribution in [2.75, 3.05) is 0 Å². The molecule has 0 saturated heterocycles. The summed E-state index contributed by atoms with van der Waals surface area (Å²) < 4.78 is 38.3. The molecule has 6 nitrogen and oxygen atoms in total. The average molecular weight is 465 g/mol. The van der Waals surface area contributed by atoms with E-state index in [9.17, 15) is 13.0 Å². The maximum absolute atomic E-state index is 11.0. The van der Waals surface area contributed by atoms with E-state index in [1.807, 2.05) is 0 Å². The molecule has 1 aromatic heterocycles. The Hall–Kier alpha value is 0.235. The second kappa shape index (κ2) is 7.13. The van der Waals surface area contributed by atoms with Crippen LogP contribution < -0.4 is 32.2 Å². The summed E-state index contributed by atoms with van der Waals surface area (Å²) >= 11 is 0.0710. The molecule has 0 bridgehead atoms. The molecule has 18 heavy (non-hydrogen) atoms. The molecule has 2 rings (SSSR count). The fourth-order valence-electron chi connectivity index (χ4n) is 1.46. The number of hydrogen-bond donors (Lipinski definition) is 0. The Bertz CT molecular complexity index is 648. The maximum Gasteiger partial charge on any atom is 1.00 e. The van der Waals surface area contributed by atoms with Crippen molar-refractivity contribution < 1.29 is 77.2 Å². The third-order valence-electron chi connectivity index (χ3n) is 2.12. The summed E-state index contributed by atoms with van der Waals surface area (Å²) in [4.78, 5) is 3.77. The van der Waals surface area contributed by atoms with E-state index in [1.165, 1.54) is 18.3 Å². The second-order valence-corrected chi connectivity index (χ2v) is 5.53. The summed E-state index contributed by atoms with van der Waals surface area (Å²) in [6, 6.07) is 5.85. The van der Waals surface area contributed by atoms with Crippen LogP contribution in [0.3, 0.4) is 0 Å². The Labute approximate surface area is 143 Å². The standard InChI is InChI=1S/C9H7NO4S.Hg.Na.H2O/c11-7-3-4-8(15(12,13)14)6-2-1-5-10-9(6)7;;;/h1-5,11H,(H,12,13,14);;;1H2/q;2*+1;/p-2. The van der Waals surface area contributed by atoms with Gasteiger partial charge in [-0.2, -0.15) is 0 Å². The van der Waals surface area contributed by atoms with Gasteiger partial charge in [0.15, 0.2) is 0 Å². The van der Waals surface area contributed by atoms with Crippen molar-refractivity contribution in [3.8, 4) is 5.75 Å². The molecule has 0 atom stereocenters. The van der Waals surface area contributed by atoms with Gasteiger partial charge in [0, 0.05) is 0 Å². The SMILES string of the molecule is O.O=S(=O)([O-])c1ccc([O][Hg])c2ncccc12.[Na+]. The molecular weight excluding hydrogens is 458 g/mol. The van der Waals surface area contributed by atoms with Crippen LogP contribution in [0.4, 0.5) is 0 Å². The molecule has 0 aliphatic carbocycles. The Balaban J connectivity index is 0.00000144. The molecule has 9 heteroatoms. The van der Waals surface area contributed by atoms with Crippen molar-refractivity contribution in [1.82, 2.24) is 4.98 Å². The maximum atomic E-state index is 11.0. The van der Waals surface area contributed by atoms with Crippen LogP contribution in [-0.4, -0.2) is 23.4 Å². The Kier molecular flexibility index (Phi) is 7.23. The van der Waals surface area contributed by atoms with Crippen LogP contribution in [0.2, 0.25) is 0 Å². The fourth-order valence-corrected chi connectivity index (χ4v) is 3.03. The Morgan fingerprint density at radius 2 is 1.94 bits per heavy atom. The first-order valence-electron chi connectivity index (χ1n) is 4.29. The van der Waals surface area contributed by atoms with Gasteiger partial charge in [0.1, 0.15) is 0 Å². The molecule has 2 aromatic rings. The Morgan fingerprint density at radius 1 is 1.28 bits per heavy atom. The average Bonchev–Trinajstić information content (AvgIpc) is 2.26. The van der Waals surface area contributed by atoms with Crippen LogP contribution in [0.25, 0.3) is 10.9 Å². The minimum Gasteiger partial charge on any atom is 1.00 e. The van der Waals surface area contributed by atoms with Crippen LogP contribution in [0.1, 0.15) is 0 Å². The zero-order chi connectivity index (χ0) is 11.8. The van der Waals surface area contributed by atoms with E-state index in [4.69, 9.17) is 2.64 Å². The van der Waals surface area contributed by atoms with Crippen molar-refractivity contribution in [2.24, 2.45) is 0 Å². The van der Waals surface area contributed by atoms with Gasteiger partial charge in [-0.3, -0.25) is 0 Å². The van der Waals surface area contributed by atoms with Gasteiger partial charge in [0.05, 0.1) is 0 Å². The molecule has 0 fully saturated rings. The topological polar surface area (TPSA) is 111 Å². The number of fused-ring (bicyclic) bond motifs is 1. The van der Waals surface area contributed by atoms with E-state index in [2.05, 4.69) is 4.98 Å². The molecule has 0 aliphatic rings. The van der Waals surface area contributed by atoms with Gasteiger partial charge < -0.3 is 5.48 Å². The fraction of sp³-hybridized carbons (Fsp3) is 0. The van der Waals surface area contributed by atoms with Crippen molar-refractivity contribution in [2.45, 2.75) is 4.90 Å². The van der Waals surface area contributed by atoms with Gasteiger partial charge in [0.2, 0.25) is 0 Å². The molecule has 0 spiro atoms. The van der Waals surface area contributed by atoms with Gasteiger partial charge >= 0.3 is 139 Å². The molecule has 87 valence electrons. The summed E-state index contributed by atoms with van der Waals surface area (Å²) in [5.41, 5.74) is 0.412. The molecule has 2 N–H and O–H groups in total. The van der Waals surface area contributed by atoms with Crippen LogP contribution in [0.15, 0.2) is 35.4 Å². The number of rotatable bonds is 2. The van der Waals surface area contributed by atoms with Gasteiger partial charge in [-0.15, -0.1) is 0 Å². The Morgan fingerprint density at radius 3 is 2.50 bits per heavy atom. The minimum absolute atomic E-state index is 0. The predicted molar refractivity (Wildman–Crippen MR) is 53.9 cm³/mol. The van der Waals surface area contributed by atoms with Gasteiger partial charge in [-0.1, -0.05) is 0 Å². The summed E-state index contributed by atoms with van der Waals surface area (Å²) in [5.74, 6) is 0.520.